The Bertz CT molecular complexity index is 2470. The van der Waals surface area contributed by atoms with Crippen LogP contribution in [0, 0.1) is 0 Å². The Hall–Kier alpha value is -4.84. The number of alkyl halides is 39. The zero-order valence-corrected chi connectivity index (χ0v) is 39.7. The normalized spacial score (nSPS) is 15.7. The number of aryl methyl sites for hydroxylation is 3. The van der Waals surface area contributed by atoms with Crippen LogP contribution in [-0.2, 0) is 23.8 Å². The van der Waals surface area contributed by atoms with E-state index < -0.39 is 186 Å². The number of hydrogen-bond donors (Lipinski definition) is 0. The largest absolute Gasteiger partial charge is 0.460 e. The van der Waals surface area contributed by atoms with Gasteiger partial charge in [0.25, 0.3) is 0 Å². The summed E-state index contributed by atoms with van der Waals surface area (Å²) in [7, 11) is -5.12. The van der Waals surface area contributed by atoms with Crippen LogP contribution in [-0.4, -0.2) is 107 Å². The van der Waals surface area contributed by atoms with Gasteiger partial charge in [-0.1, -0.05) is 72.8 Å². The van der Waals surface area contributed by atoms with Gasteiger partial charge in [0.1, 0.15) is 0 Å². The maximum absolute atomic E-state index is 15.0. The second kappa shape index (κ2) is 21.2. The highest BCUT2D eigenvalue weighted by Gasteiger charge is 2.93. The molecule has 0 amide bonds. The molecule has 0 aliphatic rings. The first-order chi connectivity index (χ1) is 36.3. The van der Waals surface area contributed by atoms with Crippen molar-refractivity contribution < 1.29 is 176 Å². The smallest absolute Gasteiger partial charge is 0.309 e. The topological polar surface area (TPSA) is 17.1 Å². The van der Waals surface area contributed by atoms with Crippen molar-refractivity contribution in [1.29, 1.82) is 0 Å². The summed E-state index contributed by atoms with van der Waals surface area (Å²) < 4.78 is 546. The highest BCUT2D eigenvalue weighted by Crippen LogP contribution is 2.64. The van der Waals surface area contributed by atoms with E-state index in [1.807, 2.05) is 0 Å². The quantitative estimate of drug-likeness (QED) is 0.0645. The van der Waals surface area contributed by atoms with Gasteiger partial charge in [-0.15, -0.1) is 0 Å². The minimum Gasteiger partial charge on any atom is -0.309 e. The molecule has 41 heteroatoms. The first kappa shape index (κ1) is 72.4. The van der Waals surface area contributed by atoms with E-state index in [-0.39, 0.29) is 0 Å². The van der Waals surface area contributed by atoms with Crippen LogP contribution in [0.15, 0.2) is 72.8 Å². The molecule has 476 valence electrons. The van der Waals surface area contributed by atoms with E-state index in [1.165, 1.54) is 0 Å². The second-order valence-corrected chi connectivity index (χ2v) is 20.4. The molecule has 3 aromatic carbocycles. The summed E-state index contributed by atoms with van der Waals surface area (Å²) in [6.45, 7) is 0. The zero-order chi connectivity index (χ0) is 65.7. The lowest BCUT2D eigenvalue weighted by Crippen LogP contribution is -2.70. The molecule has 0 radical (unpaired) electrons. The molecule has 0 saturated carbocycles. The van der Waals surface area contributed by atoms with E-state index in [0.717, 1.165) is 0 Å². The Morgan fingerprint density at radius 2 is 0.361 bits per heavy atom. The first-order valence-corrected chi connectivity index (χ1v) is 22.8. The summed E-state index contributed by atoms with van der Waals surface area (Å²) >= 11 is 0. The molecular formula is C42H24F39OP. The zero-order valence-electron chi connectivity index (χ0n) is 38.8. The molecule has 3 aromatic rings. The highest BCUT2D eigenvalue weighted by atomic mass is 31.2. The average Bonchev–Trinajstić information content (AvgIpc) is 3.36. The van der Waals surface area contributed by atoms with E-state index in [2.05, 4.69) is 0 Å². The Kier molecular flexibility index (Phi) is 18.5. The lowest BCUT2D eigenvalue weighted by atomic mass is 9.91. The molecule has 0 atom stereocenters. The molecule has 0 fully saturated rings. The van der Waals surface area contributed by atoms with Crippen LogP contribution in [0.1, 0.15) is 36.0 Å². The SMILES string of the molecule is O=P(c1ccc(CCC(F)(F)C(F)(F)C(F)(F)C(F)(F)C(F)(F)C(F)(F)F)cc1)(c1ccc(CCC(F)(F)C(F)(F)C(F)(F)C(F)(F)C(F)(F)C(F)(F)F)cc1)c1ccc(CCC(F)(F)C(F)(F)C(F)(F)C(F)(F)C(F)(F)C(F)(F)F)cc1. The van der Waals surface area contributed by atoms with Crippen molar-refractivity contribution in [3.05, 3.63) is 89.5 Å². The maximum Gasteiger partial charge on any atom is 0.460 e. The summed E-state index contributed by atoms with van der Waals surface area (Å²) in [5.41, 5.74) is -2.78. The molecule has 3 rings (SSSR count). The molecule has 83 heavy (non-hydrogen) atoms. The molecule has 0 aliphatic carbocycles. The summed E-state index contributed by atoms with van der Waals surface area (Å²) in [5.74, 6) is -117. The predicted molar refractivity (Wildman–Crippen MR) is 203 cm³/mol. The predicted octanol–water partition coefficient (Wildman–Crippen LogP) is 17.3. The maximum atomic E-state index is 15.0. The van der Waals surface area contributed by atoms with E-state index in [4.69, 9.17) is 0 Å². The monoisotopic (exact) mass is 1320 g/mol. The van der Waals surface area contributed by atoms with Gasteiger partial charge in [-0.25, -0.2) is 0 Å². The third kappa shape index (κ3) is 11.3. The molecule has 0 spiro atoms. The summed E-state index contributed by atoms with van der Waals surface area (Å²) in [5, 5.41) is -2.60. The number of benzene rings is 3. The van der Waals surface area contributed by atoms with Gasteiger partial charge in [-0.2, -0.15) is 171 Å². The number of hydrogen-bond acceptors (Lipinski definition) is 1. The fourth-order valence-corrected chi connectivity index (χ4v) is 9.45. The summed E-state index contributed by atoms with van der Waals surface area (Å²) in [6.07, 6.45) is -37.4. The van der Waals surface area contributed by atoms with Crippen LogP contribution in [0.25, 0.3) is 0 Å². The minimum atomic E-state index is -8.31. The highest BCUT2D eigenvalue weighted by molar-refractivity contribution is 7.85. The molecule has 0 unspecified atom stereocenters. The molecule has 0 heterocycles. The lowest BCUT2D eigenvalue weighted by Gasteiger charge is -2.39. The van der Waals surface area contributed by atoms with Crippen molar-refractivity contribution in [3.63, 3.8) is 0 Å². The summed E-state index contributed by atoms with van der Waals surface area (Å²) in [6, 6.07) is 4.53. The van der Waals surface area contributed by atoms with Crippen molar-refractivity contribution in [2.75, 3.05) is 0 Å². The number of rotatable bonds is 24. The van der Waals surface area contributed by atoms with Gasteiger partial charge in [0.05, 0.1) is 0 Å². The number of halogens is 39. The Morgan fingerprint density at radius 3 is 0.506 bits per heavy atom. The van der Waals surface area contributed by atoms with E-state index in [9.17, 15) is 171 Å². The molecule has 0 aromatic heterocycles. The van der Waals surface area contributed by atoms with Gasteiger partial charge in [0.15, 0.2) is 7.14 Å². The van der Waals surface area contributed by atoms with Crippen LogP contribution >= 0.6 is 7.14 Å². The third-order valence-electron chi connectivity index (χ3n) is 12.1. The third-order valence-corrected chi connectivity index (χ3v) is 15.2. The average molecular weight is 1320 g/mol. The molecule has 0 saturated heterocycles. The fraction of sp³-hybridized carbons (Fsp3) is 0.571. The van der Waals surface area contributed by atoms with Crippen LogP contribution in [0.2, 0.25) is 0 Å². The Balaban J connectivity index is 2.13. The van der Waals surface area contributed by atoms with Crippen molar-refractivity contribution in [3.8, 4) is 0 Å². The van der Waals surface area contributed by atoms with Gasteiger partial charge in [-0.05, 0) is 36.0 Å². The van der Waals surface area contributed by atoms with Gasteiger partial charge in [-0.3, -0.25) is 0 Å². The van der Waals surface area contributed by atoms with Crippen molar-refractivity contribution >= 4 is 23.1 Å². The molecule has 0 aliphatic heterocycles. The molecular weight excluding hydrogens is 1290 g/mol. The van der Waals surface area contributed by atoms with Gasteiger partial charge >= 0.3 is 107 Å². The van der Waals surface area contributed by atoms with Crippen molar-refractivity contribution in [1.82, 2.24) is 0 Å². The first-order valence-electron chi connectivity index (χ1n) is 21.1. The Labute approximate surface area is 434 Å². The van der Waals surface area contributed by atoms with Gasteiger partial charge in [0.2, 0.25) is 0 Å². The standard InChI is InChI=1S/C42H24F39OP/c43-25(44,28(49,50)31(55,56)34(61,62)37(67,68)40(73,74)75)16-13-19-1-7-22(8-2-19)83(82,23-9-3-20(4-10-23)14-17-26(45,46)29(51,52)32(57,58)35(63,64)38(69,70)41(76,77)78)24-11-5-21(6-12-24)15-18-27(47,48)30(53,54)33(59,60)36(65,66)39(71,72)42(79,80)81/h1-12H,13-18H2. The van der Waals surface area contributed by atoms with Crippen LogP contribution in [0.4, 0.5) is 171 Å². The minimum absolute atomic E-state index is 0.349. The molecule has 0 N–H and O–H groups in total. The van der Waals surface area contributed by atoms with Crippen LogP contribution in [0.5, 0.6) is 0 Å². The fourth-order valence-electron chi connectivity index (χ4n) is 6.85. The summed E-state index contributed by atoms with van der Waals surface area (Å²) in [4.78, 5) is 0. The van der Waals surface area contributed by atoms with E-state index >= 15 is 4.57 Å². The van der Waals surface area contributed by atoms with Gasteiger partial charge < -0.3 is 4.57 Å². The van der Waals surface area contributed by atoms with Crippen molar-refractivity contribution in [2.24, 2.45) is 0 Å². The lowest BCUT2D eigenvalue weighted by molar-refractivity contribution is -0.440. The molecule has 1 nitrogen and oxygen atoms in total. The Morgan fingerprint density at radius 1 is 0.217 bits per heavy atom. The van der Waals surface area contributed by atoms with Crippen LogP contribution in [0.3, 0.4) is 0 Å². The van der Waals surface area contributed by atoms with E-state index in [0.29, 0.717) is 72.8 Å². The van der Waals surface area contributed by atoms with E-state index in [1.54, 1.807) is 0 Å². The van der Waals surface area contributed by atoms with Crippen LogP contribution < -0.4 is 15.9 Å². The van der Waals surface area contributed by atoms with Crippen molar-refractivity contribution in [2.45, 2.75) is 146 Å². The molecule has 0 bridgehead atoms. The van der Waals surface area contributed by atoms with Gasteiger partial charge in [0, 0.05) is 35.2 Å². The second-order valence-electron chi connectivity index (χ2n) is 17.6.